The van der Waals surface area contributed by atoms with Gasteiger partial charge in [-0.05, 0) is 18.1 Å². The lowest BCUT2D eigenvalue weighted by atomic mass is 10.1. The van der Waals surface area contributed by atoms with Crippen molar-refractivity contribution in [2.45, 2.75) is 25.4 Å². The zero-order valence-corrected chi connectivity index (χ0v) is 10.1. The summed E-state index contributed by atoms with van der Waals surface area (Å²) in [6.07, 6.45) is 2.72. The van der Waals surface area contributed by atoms with Crippen molar-refractivity contribution < 1.29 is 9.59 Å². The number of aryl methyl sites for hydroxylation is 1. The number of amides is 2. The Morgan fingerprint density at radius 1 is 1.61 bits per heavy atom. The zero-order chi connectivity index (χ0) is 13.1. The van der Waals surface area contributed by atoms with Crippen LogP contribution in [0.15, 0.2) is 12.3 Å². The molecule has 1 unspecified atom stereocenters. The van der Waals surface area contributed by atoms with Crippen LogP contribution >= 0.6 is 0 Å². The average Bonchev–Trinajstić information content (AvgIpc) is 2.69. The second-order valence-corrected chi connectivity index (χ2v) is 4.34. The van der Waals surface area contributed by atoms with Crippen molar-refractivity contribution in [1.82, 2.24) is 15.2 Å². The Hall–Kier alpha value is -2.13. The van der Waals surface area contributed by atoms with Crippen LogP contribution in [0.25, 0.3) is 0 Å². The molecule has 1 aromatic rings. The van der Waals surface area contributed by atoms with E-state index in [2.05, 4.69) is 16.7 Å². The van der Waals surface area contributed by atoms with Gasteiger partial charge in [0.15, 0.2) is 0 Å². The number of nitrogens with one attached hydrogen (secondary N) is 2. The summed E-state index contributed by atoms with van der Waals surface area (Å²) < 4.78 is 1.74. The molecule has 2 rings (SSSR count). The van der Waals surface area contributed by atoms with E-state index in [1.54, 1.807) is 17.7 Å². The first-order chi connectivity index (χ1) is 8.60. The molecule has 0 bridgehead atoms. The third-order valence-electron chi connectivity index (χ3n) is 2.97. The highest BCUT2D eigenvalue weighted by molar-refractivity contribution is 6.00. The third kappa shape index (κ3) is 2.57. The monoisotopic (exact) mass is 246 g/mol. The molecule has 0 aromatic carbocycles. The number of imide groups is 1. The van der Waals surface area contributed by atoms with Crippen molar-refractivity contribution in [1.29, 1.82) is 5.26 Å². The van der Waals surface area contributed by atoms with E-state index >= 15 is 0 Å². The van der Waals surface area contributed by atoms with E-state index in [0.717, 1.165) is 5.56 Å². The number of nitriles is 1. The molecule has 1 aromatic heterocycles. The van der Waals surface area contributed by atoms with Gasteiger partial charge >= 0.3 is 0 Å². The predicted molar refractivity (Wildman–Crippen MR) is 63.1 cm³/mol. The van der Waals surface area contributed by atoms with Gasteiger partial charge in [0, 0.05) is 26.2 Å². The van der Waals surface area contributed by atoms with Crippen LogP contribution in [0, 0.1) is 11.3 Å². The molecule has 2 N–H and O–H groups in total. The number of hydrogen-bond acceptors (Lipinski definition) is 4. The quantitative estimate of drug-likeness (QED) is 0.722. The molecule has 18 heavy (non-hydrogen) atoms. The first-order valence-corrected chi connectivity index (χ1v) is 5.72. The van der Waals surface area contributed by atoms with Gasteiger partial charge in [-0.1, -0.05) is 0 Å². The van der Waals surface area contributed by atoms with E-state index in [9.17, 15) is 9.59 Å². The number of piperidine rings is 1. The van der Waals surface area contributed by atoms with Crippen LogP contribution in [-0.4, -0.2) is 22.4 Å². The van der Waals surface area contributed by atoms with Crippen LogP contribution in [0.3, 0.4) is 0 Å². The van der Waals surface area contributed by atoms with Crippen molar-refractivity contribution in [3.63, 3.8) is 0 Å². The molecular weight excluding hydrogens is 232 g/mol. The molecule has 0 saturated carbocycles. The summed E-state index contributed by atoms with van der Waals surface area (Å²) in [6, 6.07) is 3.52. The zero-order valence-electron chi connectivity index (χ0n) is 10.1. The largest absolute Gasteiger partial charge is 0.342 e. The maximum absolute atomic E-state index is 11.5. The Balaban J connectivity index is 1.93. The maximum atomic E-state index is 11.5. The van der Waals surface area contributed by atoms with Crippen molar-refractivity contribution >= 4 is 11.8 Å². The van der Waals surface area contributed by atoms with E-state index in [-0.39, 0.29) is 17.9 Å². The molecule has 1 atom stereocenters. The molecule has 2 amide bonds. The highest BCUT2D eigenvalue weighted by atomic mass is 16.2. The van der Waals surface area contributed by atoms with Crippen LogP contribution in [0.5, 0.6) is 0 Å². The van der Waals surface area contributed by atoms with Gasteiger partial charge in [-0.25, -0.2) is 0 Å². The standard InChI is InChI=1S/C12H14N4O2/c1-16-7-8(4-9(16)5-13)6-14-10-2-3-11(17)15-12(10)18/h4,7,10,14H,2-3,6H2,1H3,(H,15,17,18). The summed E-state index contributed by atoms with van der Waals surface area (Å²) in [5, 5.41) is 14.2. The fourth-order valence-electron chi connectivity index (χ4n) is 1.97. The van der Waals surface area contributed by atoms with E-state index < -0.39 is 0 Å². The number of hydrogen-bond donors (Lipinski definition) is 2. The molecule has 1 fully saturated rings. The number of carbonyl (C=O) groups excluding carboxylic acids is 2. The summed E-state index contributed by atoms with van der Waals surface area (Å²) in [4.78, 5) is 22.5. The number of rotatable bonds is 3. The maximum Gasteiger partial charge on any atom is 0.243 e. The van der Waals surface area contributed by atoms with Gasteiger partial charge in [0.25, 0.3) is 0 Å². The van der Waals surface area contributed by atoms with Gasteiger partial charge < -0.3 is 9.88 Å². The lowest BCUT2D eigenvalue weighted by Crippen LogP contribution is -2.50. The molecule has 94 valence electrons. The summed E-state index contributed by atoms with van der Waals surface area (Å²) in [6.45, 7) is 0.502. The van der Waals surface area contributed by atoms with E-state index in [0.29, 0.717) is 25.1 Å². The van der Waals surface area contributed by atoms with Crippen LogP contribution in [-0.2, 0) is 23.2 Å². The average molecular weight is 246 g/mol. The second kappa shape index (κ2) is 5.02. The second-order valence-electron chi connectivity index (χ2n) is 4.34. The van der Waals surface area contributed by atoms with Gasteiger partial charge in [-0.3, -0.25) is 14.9 Å². The van der Waals surface area contributed by atoms with Crippen LogP contribution in [0.2, 0.25) is 0 Å². The van der Waals surface area contributed by atoms with Gasteiger partial charge in [-0.15, -0.1) is 0 Å². The Morgan fingerprint density at radius 2 is 2.39 bits per heavy atom. The topological polar surface area (TPSA) is 86.9 Å². The van der Waals surface area contributed by atoms with Crippen LogP contribution in [0.1, 0.15) is 24.1 Å². The van der Waals surface area contributed by atoms with E-state index in [4.69, 9.17) is 5.26 Å². The Labute approximate surface area is 105 Å². The Morgan fingerprint density at radius 3 is 3.00 bits per heavy atom. The number of nitrogens with zero attached hydrogens (tertiary/aromatic N) is 2. The van der Waals surface area contributed by atoms with E-state index in [1.165, 1.54) is 0 Å². The molecule has 0 aliphatic carbocycles. The van der Waals surface area contributed by atoms with Gasteiger partial charge in [0.05, 0.1) is 6.04 Å². The molecule has 6 nitrogen and oxygen atoms in total. The van der Waals surface area contributed by atoms with Crippen molar-refractivity contribution in [3.8, 4) is 6.07 Å². The van der Waals surface area contributed by atoms with Gasteiger partial charge in [0.2, 0.25) is 11.8 Å². The van der Waals surface area contributed by atoms with E-state index in [1.807, 2.05) is 6.20 Å². The van der Waals surface area contributed by atoms with Crippen molar-refractivity contribution in [2.75, 3.05) is 0 Å². The normalized spacial score (nSPS) is 19.4. The van der Waals surface area contributed by atoms with Crippen LogP contribution < -0.4 is 10.6 Å². The van der Waals surface area contributed by atoms with Crippen molar-refractivity contribution in [2.24, 2.45) is 7.05 Å². The molecule has 0 spiro atoms. The molecule has 2 heterocycles. The predicted octanol–water partition coefficient (Wildman–Crippen LogP) is -0.208. The minimum Gasteiger partial charge on any atom is -0.342 e. The first kappa shape index (κ1) is 12.3. The van der Waals surface area contributed by atoms with Gasteiger partial charge in [-0.2, -0.15) is 5.26 Å². The minimum absolute atomic E-state index is 0.218. The Kier molecular flexibility index (Phi) is 3.44. The third-order valence-corrected chi connectivity index (χ3v) is 2.97. The van der Waals surface area contributed by atoms with Crippen LogP contribution in [0.4, 0.5) is 0 Å². The molecule has 1 saturated heterocycles. The molecule has 0 radical (unpaired) electrons. The lowest BCUT2D eigenvalue weighted by molar-refractivity contribution is -0.134. The molecule has 1 aliphatic heterocycles. The molecule has 6 heteroatoms. The number of aromatic nitrogens is 1. The summed E-state index contributed by atoms with van der Waals surface area (Å²) >= 11 is 0. The first-order valence-electron chi connectivity index (χ1n) is 5.72. The summed E-state index contributed by atoms with van der Waals surface area (Å²) in [7, 11) is 1.80. The highest BCUT2D eigenvalue weighted by Gasteiger charge is 2.25. The SMILES string of the molecule is Cn1cc(CNC2CCC(=O)NC2=O)cc1C#N. The number of carbonyl (C=O) groups is 2. The smallest absolute Gasteiger partial charge is 0.243 e. The fraction of sp³-hybridized carbons (Fsp3) is 0.417. The van der Waals surface area contributed by atoms with Gasteiger partial charge in [0.1, 0.15) is 11.8 Å². The Bertz CT molecular complexity index is 527. The summed E-state index contributed by atoms with van der Waals surface area (Å²) in [5.74, 6) is -0.493. The molecule has 1 aliphatic rings. The minimum atomic E-state index is -0.339. The lowest BCUT2D eigenvalue weighted by Gasteiger charge is -2.21. The highest BCUT2D eigenvalue weighted by Crippen LogP contribution is 2.08. The summed E-state index contributed by atoms with van der Waals surface area (Å²) in [5.41, 5.74) is 1.52. The fourth-order valence-corrected chi connectivity index (χ4v) is 1.97. The molecular formula is C12H14N4O2. The van der Waals surface area contributed by atoms with Crippen molar-refractivity contribution in [3.05, 3.63) is 23.5 Å².